The molecule has 2 heteroatoms. The van der Waals surface area contributed by atoms with Gasteiger partial charge >= 0.3 is 0 Å². The molecule has 2 fully saturated rings. The van der Waals surface area contributed by atoms with Gasteiger partial charge in [0, 0.05) is 32.2 Å². The lowest BCUT2D eigenvalue weighted by atomic mass is 9.79. The van der Waals surface area contributed by atoms with E-state index in [4.69, 9.17) is 0 Å². The van der Waals surface area contributed by atoms with E-state index in [2.05, 4.69) is 30.7 Å². The lowest BCUT2D eigenvalue weighted by Crippen LogP contribution is -2.52. The molecule has 1 heterocycles. The molecule has 1 aliphatic carbocycles. The Kier molecular flexibility index (Phi) is 3.68. The monoisotopic (exact) mass is 210 g/mol. The zero-order chi connectivity index (χ0) is 10.8. The molecule has 1 aliphatic heterocycles. The number of rotatable bonds is 1. The molecule has 0 bridgehead atoms. The molecule has 3 unspecified atom stereocenters. The highest BCUT2D eigenvalue weighted by Gasteiger charge is 2.31. The predicted octanol–water partition coefficient (Wildman–Crippen LogP) is 2.06. The van der Waals surface area contributed by atoms with Gasteiger partial charge in [-0.2, -0.15) is 0 Å². The van der Waals surface area contributed by atoms with E-state index in [-0.39, 0.29) is 0 Å². The van der Waals surface area contributed by atoms with Crippen LogP contribution in [0.5, 0.6) is 0 Å². The molecule has 0 aromatic rings. The van der Waals surface area contributed by atoms with Crippen molar-refractivity contribution in [1.29, 1.82) is 0 Å². The highest BCUT2D eigenvalue weighted by molar-refractivity contribution is 4.85. The van der Waals surface area contributed by atoms with Gasteiger partial charge in [0.05, 0.1) is 0 Å². The summed E-state index contributed by atoms with van der Waals surface area (Å²) in [6.45, 7) is 9.98. The molecule has 0 aromatic heterocycles. The van der Waals surface area contributed by atoms with Gasteiger partial charge in [0.25, 0.3) is 0 Å². The average Bonchev–Trinajstić information content (AvgIpc) is 2.20. The van der Waals surface area contributed by atoms with Crippen LogP contribution in [0, 0.1) is 11.8 Å². The van der Waals surface area contributed by atoms with Gasteiger partial charge in [0.2, 0.25) is 0 Å². The minimum Gasteiger partial charge on any atom is -0.304 e. The first kappa shape index (κ1) is 11.4. The third-order valence-electron chi connectivity index (χ3n) is 4.39. The second kappa shape index (κ2) is 4.84. The molecule has 0 amide bonds. The smallest absolute Gasteiger partial charge is 0.0122 e. The van der Waals surface area contributed by atoms with Crippen molar-refractivity contribution < 1.29 is 0 Å². The van der Waals surface area contributed by atoms with Crippen LogP contribution in [0.3, 0.4) is 0 Å². The molecule has 2 rings (SSSR count). The van der Waals surface area contributed by atoms with Crippen molar-refractivity contribution >= 4 is 0 Å². The van der Waals surface area contributed by atoms with Crippen LogP contribution in [0.2, 0.25) is 0 Å². The summed E-state index contributed by atoms with van der Waals surface area (Å²) < 4.78 is 0. The van der Waals surface area contributed by atoms with Crippen LogP contribution >= 0.6 is 0 Å². The van der Waals surface area contributed by atoms with E-state index in [0.717, 1.165) is 17.9 Å². The Morgan fingerprint density at radius 2 is 1.60 bits per heavy atom. The average molecular weight is 210 g/mol. The van der Waals surface area contributed by atoms with Gasteiger partial charge < -0.3 is 4.90 Å². The SMILES string of the molecule is CC1CCC(N2CCN(C)CC2)C(C)C1. The van der Waals surface area contributed by atoms with Crippen molar-refractivity contribution in [3.63, 3.8) is 0 Å². The van der Waals surface area contributed by atoms with Gasteiger partial charge in [-0.25, -0.2) is 0 Å². The predicted molar refractivity (Wildman–Crippen MR) is 65.0 cm³/mol. The fourth-order valence-corrected chi connectivity index (χ4v) is 3.35. The van der Waals surface area contributed by atoms with E-state index >= 15 is 0 Å². The largest absolute Gasteiger partial charge is 0.304 e. The first-order chi connectivity index (χ1) is 7.16. The summed E-state index contributed by atoms with van der Waals surface area (Å²) in [4.78, 5) is 5.20. The van der Waals surface area contributed by atoms with E-state index in [1.165, 1.54) is 45.4 Å². The molecule has 1 saturated carbocycles. The Balaban J connectivity index is 1.87. The molecule has 0 aromatic carbocycles. The van der Waals surface area contributed by atoms with Crippen LogP contribution in [0.1, 0.15) is 33.1 Å². The van der Waals surface area contributed by atoms with Crippen LogP contribution in [-0.4, -0.2) is 49.1 Å². The zero-order valence-electron chi connectivity index (χ0n) is 10.6. The summed E-state index contributed by atoms with van der Waals surface area (Å²) in [7, 11) is 2.24. The van der Waals surface area contributed by atoms with Crippen molar-refractivity contribution in [2.45, 2.75) is 39.2 Å². The van der Waals surface area contributed by atoms with Gasteiger partial charge in [0.1, 0.15) is 0 Å². The van der Waals surface area contributed by atoms with Gasteiger partial charge in [-0.05, 0) is 38.1 Å². The van der Waals surface area contributed by atoms with Crippen LogP contribution in [0.4, 0.5) is 0 Å². The van der Waals surface area contributed by atoms with Gasteiger partial charge in [-0.3, -0.25) is 4.90 Å². The van der Waals surface area contributed by atoms with E-state index in [9.17, 15) is 0 Å². The van der Waals surface area contributed by atoms with Crippen molar-refractivity contribution in [3.8, 4) is 0 Å². The topological polar surface area (TPSA) is 6.48 Å². The number of hydrogen-bond acceptors (Lipinski definition) is 2. The molecule has 3 atom stereocenters. The zero-order valence-corrected chi connectivity index (χ0v) is 10.6. The molecule has 1 saturated heterocycles. The fraction of sp³-hybridized carbons (Fsp3) is 1.00. The maximum absolute atomic E-state index is 2.75. The molecule has 15 heavy (non-hydrogen) atoms. The van der Waals surface area contributed by atoms with E-state index in [0.29, 0.717) is 0 Å². The Labute approximate surface area is 94.6 Å². The van der Waals surface area contributed by atoms with Crippen molar-refractivity contribution in [1.82, 2.24) is 9.80 Å². The van der Waals surface area contributed by atoms with Crippen molar-refractivity contribution in [2.24, 2.45) is 11.8 Å². The molecular weight excluding hydrogens is 184 g/mol. The lowest BCUT2D eigenvalue weighted by molar-refractivity contribution is 0.0526. The number of hydrogen-bond donors (Lipinski definition) is 0. The van der Waals surface area contributed by atoms with E-state index in [1.54, 1.807) is 0 Å². The highest BCUT2D eigenvalue weighted by atomic mass is 15.3. The summed E-state index contributed by atoms with van der Waals surface area (Å²) in [6, 6.07) is 0.884. The summed E-state index contributed by atoms with van der Waals surface area (Å²) in [5, 5.41) is 0. The Morgan fingerprint density at radius 3 is 2.20 bits per heavy atom. The van der Waals surface area contributed by atoms with Gasteiger partial charge in [-0.1, -0.05) is 13.8 Å². The lowest BCUT2D eigenvalue weighted by Gasteiger charge is -2.44. The van der Waals surface area contributed by atoms with Crippen LogP contribution in [0.25, 0.3) is 0 Å². The maximum atomic E-state index is 2.75. The van der Waals surface area contributed by atoms with Crippen molar-refractivity contribution in [2.75, 3.05) is 33.2 Å². The van der Waals surface area contributed by atoms with Crippen molar-refractivity contribution in [3.05, 3.63) is 0 Å². The van der Waals surface area contributed by atoms with E-state index < -0.39 is 0 Å². The standard InChI is InChI=1S/C13H26N2/c1-11-4-5-13(12(2)10-11)15-8-6-14(3)7-9-15/h11-13H,4-10H2,1-3H3. The molecule has 0 spiro atoms. The van der Waals surface area contributed by atoms with E-state index in [1.807, 2.05) is 0 Å². The normalized spacial score (nSPS) is 40.6. The molecule has 0 radical (unpaired) electrons. The third-order valence-corrected chi connectivity index (χ3v) is 4.39. The minimum atomic E-state index is 0.884. The Bertz CT molecular complexity index is 197. The first-order valence-electron chi connectivity index (χ1n) is 6.59. The Hall–Kier alpha value is -0.0800. The maximum Gasteiger partial charge on any atom is 0.0122 e. The second-order valence-electron chi connectivity index (χ2n) is 5.80. The van der Waals surface area contributed by atoms with Crippen LogP contribution in [0.15, 0.2) is 0 Å². The second-order valence-corrected chi connectivity index (χ2v) is 5.80. The van der Waals surface area contributed by atoms with Crippen LogP contribution in [-0.2, 0) is 0 Å². The quantitative estimate of drug-likeness (QED) is 0.653. The molecular formula is C13H26N2. The molecule has 2 nitrogen and oxygen atoms in total. The number of piperazine rings is 1. The molecule has 0 N–H and O–H groups in total. The summed E-state index contributed by atoms with van der Waals surface area (Å²) in [6.07, 6.45) is 4.32. The minimum absolute atomic E-state index is 0.884. The summed E-state index contributed by atoms with van der Waals surface area (Å²) >= 11 is 0. The van der Waals surface area contributed by atoms with Gasteiger partial charge in [-0.15, -0.1) is 0 Å². The van der Waals surface area contributed by atoms with Gasteiger partial charge in [0.15, 0.2) is 0 Å². The number of nitrogens with zero attached hydrogens (tertiary/aromatic N) is 2. The van der Waals surface area contributed by atoms with Crippen LogP contribution < -0.4 is 0 Å². The first-order valence-corrected chi connectivity index (χ1v) is 6.59. The highest BCUT2D eigenvalue weighted by Crippen LogP contribution is 2.32. The summed E-state index contributed by atoms with van der Waals surface area (Å²) in [5.74, 6) is 1.88. The molecule has 2 aliphatic rings. The molecule has 88 valence electrons. The Morgan fingerprint density at radius 1 is 0.933 bits per heavy atom. The summed E-state index contributed by atoms with van der Waals surface area (Å²) in [5.41, 5.74) is 0. The fourth-order valence-electron chi connectivity index (χ4n) is 3.35. The number of likely N-dealkylation sites (N-methyl/N-ethyl adjacent to an activating group) is 1. The third kappa shape index (κ3) is 2.73.